The first-order valence-corrected chi connectivity index (χ1v) is 6.74. The second-order valence-electron chi connectivity index (χ2n) is 5.32. The molecule has 1 aromatic carbocycles. The number of benzene rings is 1. The largest absolute Gasteiger partial charge is 0.299 e. The normalized spacial score (nSPS) is 25.3. The lowest BCUT2D eigenvalue weighted by molar-refractivity contribution is -0.123. The summed E-state index contributed by atoms with van der Waals surface area (Å²) < 4.78 is 0. The number of carbonyl (C=O) groups is 1. The van der Waals surface area contributed by atoms with Gasteiger partial charge in [-0.1, -0.05) is 43.6 Å². The predicted molar refractivity (Wildman–Crippen MR) is 71.4 cm³/mol. The highest BCUT2D eigenvalue weighted by atomic mass is 35.5. The lowest BCUT2D eigenvalue weighted by Crippen LogP contribution is -2.26. The van der Waals surface area contributed by atoms with Crippen molar-refractivity contribution in [3.63, 3.8) is 0 Å². The molecule has 0 saturated heterocycles. The number of hydrogen-bond donors (Lipinski definition) is 0. The van der Waals surface area contributed by atoms with Crippen LogP contribution in [-0.4, -0.2) is 5.78 Å². The van der Waals surface area contributed by atoms with Crippen molar-refractivity contribution in [3.8, 4) is 0 Å². The molecule has 1 nitrogen and oxygen atoms in total. The van der Waals surface area contributed by atoms with Gasteiger partial charge in [0.15, 0.2) is 0 Å². The molecule has 1 aliphatic carbocycles. The Morgan fingerprint density at radius 2 is 2.00 bits per heavy atom. The molecule has 0 unspecified atom stereocenters. The van der Waals surface area contributed by atoms with Crippen molar-refractivity contribution < 1.29 is 4.79 Å². The molecule has 2 rings (SSSR count). The van der Waals surface area contributed by atoms with E-state index in [0.717, 1.165) is 23.4 Å². The van der Waals surface area contributed by atoms with Crippen LogP contribution < -0.4 is 0 Å². The number of Topliss-reactive ketones (excluding diaryl/α,β-unsaturated/α-hetero) is 1. The zero-order chi connectivity index (χ0) is 12.4. The highest BCUT2D eigenvalue weighted by Gasteiger charge is 2.32. The SMILES string of the molecule is CC(C)[C@H]1CCC(=O)[C@H](c2ccccc2Cl)C1. The molecule has 0 radical (unpaired) electrons. The van der Waals surface area contributed by atoms with Gasteiger partial charge in [-0.15, -0.1) is 0 Å². The van der Waals surface area contributed by atoms with Crippen molar-refractivity contribution in [3.05, 3.63) is 34.9 Å². The highest BCUT2D eigenvalue weighted by Crippen LogP contribution is 2.39. The van der Waals surface area contributed by atoms with Crippen molar-refractivity contribution >= 4 is 17.4 Å². The second kappa shape index (κ2) is 5.22. The van der Waals surface area contributed by atoms with Crippen molar-refractivity contribution in [1.29, 1.82) is 0 Å². The lowest BCUT2D eigenvalue weighted by atomic mass is 9.73. The van der Waals surface area contributed by atoms with E-state index in [2.05, 4.69) is 13.8 Å². The molecular formula is C15H19ClO. The standard InChI is InChI=1S/C15H19ClO/c1-10(2)11-7-8-15(17)13(9-11)12-5-3-4-6-14(12)16/h3-6,10-11,13H,7-9H2,1-2H3/t11-,13-/m0/s1. The Labute approximate surface area is 108 Å². The van der Waals surface area contributed by atoms with Gasteiger partial charge in [-0.3, -0.25) is 4.79 Å². The molecule has 0 N–H and O–H groups in total. The number of halogens is 1. The van der Waals surface area contributed by atoms with Crippen LogP contribution in [0.3, 0.4) is 0 Å². The summed E-state index contributed by atoms with van der Waals surface area (Å²) in [4.78, 5) is 12.1. The van der Waals surface area contributed by atoms with Gasteiger partial charge in [-0.2, -0.15) is 0 Å². The van der Waals surface area contributed by atoms with E-state index in [9.17, 15) is 4.79 Å². The van der Waals surface area contributed by atoms with Crippen LogP contribution in [0, 0.1) is 11.8 Å². The Bertz CT molecular complexity index is 411. The van der Waals surface area contributed by atoms with E-state index in [1.165, 1.54) is 0 Å². The molecular weight excluding hydrogens is 232 g/mol. The van der Waals surface area contributed by atoms with Crippen molar-refractivity contribution in [2.45, 2.75) is 39.0 Å². The number of carbonyl (C=O) groups excluding carboxylic acids is 1. The molecule has 1 saturated carbocycles. The first-order chi connectivity index (χ1) is 8.09. The third kappa shape index (κ3) is 2.71. The minimum atomic E-state index is 0.0184. The first kappa shape index (κ1) is 12.6. The molecule has 0 heterocycles. The minimum absolute atomic E-state index is 0.0184. The summed E-state index contributed by atoms with van der Waals surface area (Å²) in [6.45, 7) is 4.48. The number of ketones is 1. The molecule has 92 valence electrons. The van der Waals surface area contributed by atoms with Gasteiger partial charge in [0.25, 0.3) is 0 Å². The molecule has 0 bridgehead atoms. The average molecular weight is 251 g/mol. The van der Waals surface area contributed by atoms with Gasteiger partial charge in [0, 0.05) is 17.4 Å². The Morgan fingerprint density at radius 3 is 2.65 bits per heavy atom. The van der Waals surface area contributed by atoms with Crippen LogP contribution in [0.25, 0.3) is 0 Å². The third-order valence-corrected chi connectivity index (χ3v) is 4.26. The summed E-state index contributed by atoms with van der Waals surface area (Å²) in [5, 5.41) is 0.732. The van der Waals surface area contributed by atoms with Gasteiger partial charge in [0.1, 0.15) is 5.78 Å². The van der Waals surface area contributed by atoms with Crippen LogP contribution in [0.4, 0.5) is 0 Å². The van der Waals surface area contributed by atoms with E-state index < -0.39 is 0 Å². The topological polar surface area (TPSA) is 17.1 Å². The number of rotatable bonds is 2. The maximum absolute atomic E-state index is 12.1. The smallest absolute Gasteiger partial charge is 0.140 e. The van der Waals surface area contributed by atoms with Crippen molar-refractivity contribution in [2.75, 3.05) is 0 Å². The quantitative estimate of drug-likeness (QED) is 0.758. The molecule has 17 heavy (non-hydrogen) atoms. The maximum atomic E-state index is 12.1. The van der Waals surface area contributed by atoms with Crippen molar-refractivity contribution in [1.82, 2.24) is 0 Å². The fourth-order valence-electron chi connectivity index (χ4n) is 2.72. The Balaban J connectivity index is 2.24. The molecule has 1 aromatic rings. The summed E-state index contributed by atoms with van der Waals surface area (Å²) in [7, 11) is 0. The summed E-state index contributed by atoms with van der Waals surface area (Å²) in [6, 6.07) is 7.75. The van der Waals surface area contributed by atoms with Gasteiger partial charge in [-0.05, 0) is 36.3 Å². The minimum Gasteiger partial charge on any atom is -0.299 e. The van der Waals surface area contributed by atoms with Crippen LogP contribution >= 0.6 is 11.6 Å². The maximum Gasteiger partial charge on any atom is 0.140 e. The van der Waals surface area contributed by atoms with E-state index in [1.807, 2.05) is 24.3 Å². The molecule has 0 aromatic heterocycles. The van der Waals surface area contributed by atoms with Crippen LogP contribution in [-0.2, 0) is 4.79 Å². The van der Waals surface area contributed by atoms with Crippen LogP contribution in [0.2, 0.25) is 5.02 Å². The van der Waals surface area contributed by atoms with Gasteiger partial charge < -0.3 is 0 Å². The summed E-state index contributed by atoms with van der Waals surface area (Å²) in [5.41, 5.74) is 1.02. The van der Waals surface area contributed by atoms with Gasteiger partial charge in [-0.25, -0.2) is 0 Å². The van der Waals surface area contributed by atoms with Gasteiger partial charge >= 0.3 is 0 Å². The van der Waals surface area contributed by atoms with E-state index in [0.29, 0.717) is 24.0 Å². The van der Waals surface area contributed by atoms with E-state index in [4.69, 9.17) is 11.6 Å². The first-order valence-electron chi connectivity index (χ1n) is 6.36. The third-order valence-electron chi connectivity index (χ3n) is 3.91. The van der Waals surface area contributed by atoms with E-state index >= 15 is 0 Å². The Morgan fingerprint density at radius 1 is 1.29 bits per heavy atom. The van der Waals surface area contributed by atoms with Gasteiger partial charge in [0.2, 0.25) is 0 Å². The molecule has 1 fully saturated rings. The lowest BCUT2D eigenvalue weighted by Gasteiger charge is -2.31. The average Bonchev–Trinajstić information content (AvgIpc) is 2.30. The van der Waals surface area contributed by atoms with E-state index in [1.54, 1.807) is 0 Å². The van der Waals surface area contributed by atoms with Crippen LogP contribution in [0.5, 0.6) is 0 Å². The zero-order valence-electron chi connectivity index (χ0n) is 10.4. The molecule has 0 spiro atoms. The molecule has 2 atom stereocenters. The zero-order valence-corrected chi connectivity index (χ0v) is 11.2. The van der Waals surface area contributed by atoms with E-state index in [-0.39, 0.29) is 5.92 Å². The highest BCUT2D eigenvalue weighted by molar-refractivity contribution is 6.31. The molecule has 2 heteroatoms. The summed E-state index contributed by atoms with van der Waals surface area (Å²) in [5.74, 6) is 1.67. The summed E-state index contributed by atoms with van der Waals surface area (Å²) >= 11 is 6.20. The fraction of sp³-hybridized carbons (Fsp3) is 0.533. The van der Waals surface area contributed by atoms with Gasteiger partial charge in [0.05, 0.1) is 0 Å². The molecule has 0 aliphatic heterocycles. The van der Waals surface area contributed by atoms with Crippen molar-refractivity contribution in [2.24, 2.45) is 11.8 Å². The fourth-order valence-corrected chi connectivity index (χ4v) is 2.98. The predicted octanol–water partition coefficient (Wildman–Crippen LogP) is 4.45. The monoisotopic (exact) mass is 250 g/mol. The molecule has 1 aliphatic rings. The Kier molecular flexibility index (Phi) is 3.88. The van der Waals surface area contributed by atoms with Crippen LogP contribution in [0.1, 0.15) is 44.6 Å². The summed E-state index contributed by atoms with van der Waals surface area (Å²) in [6.07, 6.45) is 2.70. The Hall–Kier alpha value is -0.820. The molecule has 0 amide bonds. The second-order valence-corrected chi connectivity index (χ2v) is 5.73. The number of hydrogen-bond acceptors (Lipinski definition) is 1. The van der Waals surface area contributed by atoms with Crippen LogP contribution in [0.15, 0.2) is 24.3 Å².